The van der Waals surface area contributed by atoms with Crippen LogP contribution in [0.3, 0.4) is 0 Å². The predicted molar refractivity (Wildman–Crippen MR) is 151 cm³/mol. The van der Waals surface area contributed by atoms with Crippen LogP contribution in [0, 0.1) is 22.7 Å². The first-order valence-corrected chi connectivity index (χ1v) is 13.5. The lowest BCUT2D eigenvalue weighted by Gasteiger charge is -2.48. The Morgan fingerprint density at radius 2 is 1.93 bits per heavy atom. The average Bonchev–Trinajstić information content (AvgIpc) is 3.24. The van der Waals surface area contributed by atoms with Crippen LogP contribution in [-0.4, -0.2) is 60.2 Å². The van der Waals surface area contributed by atoms with Crippen molar-refractivity contribution in [1.82, 2.24) is 15.2 Å². The van der Waals surface area contributed by atoms with Gasteiger partial charge >= 0.3 is 11.8 Å². The predicted octanol–water partition coefficient (Wildman–Crippen LogP) is 3.55. The van der Waals surface area contributed by atoms with E-state index in [4.69, 9.17) is 13.9 Å². The maximum Gasteiger partial charge on any atom is 0.420 e. The largest absolute Gasteiger partial charge is 0.465 e. The van der Waals surface area contributed by atoms with Crippen molar-refractivity contribution in [3.63, 3.8) is 0 Å². The molecule has 1 fully saturated rings. The number of rotatable bonds is 9. The molecule has 218 valence electrons. The third kappa shape index (κ3) is 6.45. The quantitative estimate of drug-likeness (QED) is 0.356. The first-order valence-electron chi connectivity index (χ1n) is 13.5. The Morgan fingerprint density at radius 1 is 1.22 bits per heavy atom. The van der Waals surface area contributed by atoms with Gasteiger partial charge in [0, 0.05) is 32.5 Å². The van der Waals surface area contributed by atoms with Gasteiger partial charge in [0.05, 0.1) is 31.3 Å². The molecular formula is C30H36N4O7. The van der Waals surface area contributed by atoms with E-state index in [0.29, 0.717) is 24.3 Å². The van der Waals surface area contributed by atoms with Gasteiger partial charge in [-0.15, -0.1) is 0 Å². The Hall–Kier alpha value is -4.14. The zero-order valence-electron chi connectivity index (χ0n) is 23.7. The highest BCUT2D eigenvalue weighted by Gasteiger charge is 2.53. The van der Waals surface area contributed by atoms with Crippen molar-refractivity contribution < 1.29 is 28.6 Å². The van der Waals surface area contributed by atoms with Crippen LogP contribution in [0.4, 0.5) is 4.79 Å². The number of methoxy groups -OCH3 is 1. The summed E-state index contributed by atoms with van der Waals surface area (Å²) in [4.78, 5) is 37.6. The molecule has 41 heavy (non-hydrogen) atoms. The molecule has 0 aliphatic carbocycles. The highest BCUT2D eigenvalue weighted by atomic mass is 16.5. The Bertz CT molecular complexity index is 1500. The van der Waals surface area contributed by atoms with Crippen molar-refractivity contribution >= 4 is 23.1 Å². The number of ether oxygens (including phenoxy) is 2. The second-order valence-electron chi connectivity index (χ2n) is 11.4. The summed E-state index contributed by atoms with van der Waals surface area (Å²) < 4.78 is 17.6. The van der Waals surface area contributed by atoms with Gasteiger partial charge in [-0.3, -0.25) is 9.36 Å². The fourth-order valence-corrected chi connectivity index (χ4v) is 5.53. The highest BCUT2D eigenvalue weighted by molar-refractivity contribution is 5.91. The Kier molecular flexibility index (Phi) is 8.85. The molecule has 0 spiro atoms. The first kappa shape index (κ1) is 29.8. The number of aromatic nitrogens is 1. The molecule has 0 radical (unpaired) electrons. The lowest BCUT2D eigenvalue weighted by atomic mass is 9.66. The van der Waals surface area contributed by atoms with Crippen LogP contribution in [0.15, 0.2) is 51.7 Å². The van der Waals surface area contributed by atoms with Gasteiger partial charge in [0.25, 0.3) is 0 Å². The molecule has 0 bridgehead atoms. The van der Waals surface area contributed by atoms with Gasteiger partial charge in [-0.1, -0.05) is 51.1 Å². The molecule has 3 atom stereocenters. The maximum absolute atomic E-state index is 13.6. The van der Waals surface area contributed by atoms with Gasteiger partial charge < -0.3 is 29.6 Å². The summed E-state index contributed by atoms with van der Waals surface area (Å²) in [5.41, 5.74) is 1.92. The van der Waals surface area contributed by atoms with E-state index in [2.05, 4.69) is 16.7 Å². The lowest BCUT2D eigenvalue weighted by Crippen LogP contribution is -2.69. The van der Waals surface area contributed by atoms with Crippen LogP contribution in [0.5, 0.6) is 0 Å². The highest BCUT2D eigenvalue weighted by Crippen LogP contribution is 2.40. The fraction of sp³-hybridized carbons (Fsp3) is 0.467. The monoisotopic (exact) mass is 564 g/mol. The zero-order valence-corrected chi connectivity index (χ0v) is 23.7. The molecule has 3 N–H and O–H groups in total. The number of carbonyl (C=O) groups excluding carboxylic acids is 1. The molecule has 2 heterocycles. The minimum absolute atomic E-state index is 0.167. The third-order valence-electron chi connectivity index (χ3n) is 7.68. The SMILES string of the molecule is COCCn1c(=O)oc2ccc(-c3ccc(CC(C#N)NC(=O)C4(NC(=O)O)CCOCC4C(C)(C)C)cc3)cc21. The molecule has 11 nitrogen and oxygen atoms in total. The number of fused-ring (bicyclic) bond motifs is 1. The summed E-state index contributed by atoms with van der Waals surface area (Å²) in [6.07, 6.45) is -0.899. The Labute approximate surface area is 238 Å². The number of nitriles is 1. The summed E-state index contributed by atoms with van der Waals surface area (Å²) in [6.45, 7) is 7.01. The lowest BCUT2D eigenvalue weighted by molar-refractivity contribution is -0.141. The molecule has 1 saturated heterocycles. The van der Waals surface area contributed by atoms with Crippen molar-refractivity contribution in [3.05, 3.63) is 58.6 Å². The Morgan fingerprint density at radius 3 is 2.56 bits per heavy atom. The van der Waals surface area contributed by atoms with Crippen molar-refractivity contribution in [2.24, 2.45) is 11.3 Å². The van der Waals surface area contributed by atoms with Gasteiger partial charge in [0.1, 0.15) is 11.6 Å². The number of carboxylic acid groups (broad SMARTS) is 1. The van der Waals surface area contributed by atoms with E-state index in [1.807, 2.05) is 57.2 Å². The number of carbonyl (C=O) groups is 2. The summed E-state index contributed by atoms with van der Waals surface area (Å²) in [6, 6.07) is 14.4. The molecular weight excluding hydrogens is 528 g/mol. The van der Waals surface area contributed by atoms with Crippen LogP contribution in [0.25, 0.3) is 22.2 Å². The van der Waals surface area contributed by atoms with Crippen LogP contribution in [0.2, 0.25) is 0 Å². The van der Waals surface area contributed by atoms with E-state index in [1.54, 1.807) is 13.2 Å². The van der Waals surface area contributed by atoms with Gasteiger partial charge in [-0.2, -0.15) is 5.26 Å². The molecule has 11 heteroatoms. The number of benzene rings is 2. The topological polar surface area (TPSA) is 156 Å². The van der Waals surface area contributed by atoms with Crippen LogP contribution >= 0.6 is 0 Å². The van der Waals surface area contributed by atoms with E-state index < -0.39 is 40.7 Å². The van der Waals surface area contributed by atoms with Crippen LogP contribution in [-0.2, 0) is 27.2 Å². The minimum Gasteiger partial charge on any atom is -0.465 e. The number of nitrogens with zero attached hydrogens (tertiary/aromatic N) is 2. The third-order valence-corrected chi connectivity index (χ3v) is 7.68. The zero-order chi connectivity index (χ0) is 29.8. The number of oxazole rings is 1. The second-order valence-corrected chi connectivity index (χ2v) is 11.4. The summed E-state index contributed by atoms with van der Waals surface area (Å²) in [5, 5.41) is 24.7. The molecule has 4 rings (SSSR count). The van der Waals surface area contributed by atoms with Gasteiger partial charge in [0.2, 0.25) is 5.91 Å². The van der Waals surface area contributed by atoms with E-state index in [9.17, 15) is 24.8 Å². The first-order chi connectivity index (χ1) is 19.5. The summed E-state index contributed by atoms with van der Waals surface area (Å²) >= 11 is 0. The fourth-order valence-electron chi connectivity index (χ4n) is 5.53. The molecule has 1 aliphatic heterocycles. The van der Waals surface area contributed by atoms with Crippen molar-refractivity contribution in [3.8, 4) is 17.2 Å². The number of hydrogen-bond donors (Lipinski definition) is 3. The smallest absolute Gasteiger partial charge is 0.420 e. The van der Waals surface area contributed by atoms with Crippen molar-refractivity contribution in [1.29, 1.82) is 5.26 Å². The molecule has 0 saturated carbocycles. The molecule has 2 aromatic carbocycles. The molecule has 3 aromatic rings. The molecule has 1 aromatic heterocycles. The summed E-state index contributed by atoms with van der Waals surface area (Å²) in [7, 11) is 1.57. The maximum atomic E-state index is 13.6. The van der Waals surface area contributed by atoms with E-state index in [1.165, 1.54) is 4.57 Å². The van der Waals surface area contributed by atoms with Crippen molar-refractivity contribution in [2.45, 2.75) is 51.7 Å². The molecule has 2 amide bonds. The standard InChI is InChI=1S/C30H36N4O7/c1-29(2,3)25-18-40-13-11-30(25,33-27(36)37)26(35)32-22(17-31)15-19-5-7-20(8-6-19)21-9-10-24-23(16-21)34(12-14-39-4)28(38)41-24/h5-10,16,22,25,33H,11-15,18H2,1-4H3,(H,32,35)(H,36,37). The van der Waals surface area contributed by atoms with Gasteiger partial charge in [0.15, 0.2) is 5.58 Å². The number of hydrogen-bond acceptors (Lipinski definition) is 7. The van der Waals surface area contributed by atoms with E-state index in [-0.39, 0.29) is 26.1 Å². The number of amides is 2. The minimum atomic E-state index is -1.42. The van der Waals surface area contributed by atoms with Crippen LogP contribution < -0.4 is 16.4 Å². The van der Waals surface area contributed by atoms with Crippen molar-refractivity contribution in [2.75, 3.05) is 26.9 Å². The van der Waals surface area contributed by atoms with Crippen LogP contribution in [0.1, 0.15) is 32.8 Å². The summed E-state index contributed by atoms with van der Waals surface area (Å²) in [5.74, 6) is -1.40. The normalized spacial score (nSPS) is 19.8. The number of nitrogens with one attached hydrogen (secondary N) is 2. The molecule has 3 unspecified atom stereocenters. The van der Waals surface area contributed by atoms with E-state index in [0.717, 1.165) is 16.7 Å². The van der Waals surface area contributed by atoms with Gasteiger partial charge in [-0.05, 0) is 34.2 Å². The average molecular weight is 565 g/mol. The Balaban J connectivity index is 1.52. The molecule has 1 aliphatic rings. The van der Waals surface area contributed by atoms with Gasteiger partial charge in [-0.25, -0.2) is 9.59 Å². The second kappa shape index (κ2) is 12.2. The van der Waals surface area contributed by atoms with E-state index >= 15 is 0 Å².